The number of imide groups is 1. The molecule has 0 aliphatic carbocycles. The number of carbonyl (C=O) groups is 4. The molecular weight excluding hydrogens is 396 g/mol. The number of nitrogens with one attached hydrogen (secondary N) is 3. The standard InChI is InChI=1S/C23H24N4O4/c1-13-4-3-5-14(2)20(13)26-23(31)24-11-15-6-7-16-12-27(22(30)17(16)10-15)18-8-9-19(28)25-21(18)29/h3-7,10,18H,8-9,11-12H2,1-2H3,(H2,24,26,31)(H,25,28,29). The number of hydrogen-bond acceptors (Lipinski definition) is 4. The largest absolute Gasteiger partial charge is 0.334 e. The monoisotopic (exact) mass is 420 g/mol. The number of aryl methyl sites for hydroxylation is 2. The van der Waals surface area contributed by atoms with Crippen LogP contribution in [0.3, 0.4) is 0 Å². The number of nitrogens with zero attached hydrogens (tertiary/aromatic N) is 1. The minimum Gasteiger partial charge on any atom is -0.334 e. The highest BCUT2D eigenvalue weighted by Gasteiger charge is 2.39. The average molecular weight is 420 g/mol. The first-order valence-corrected chi connectivity index (χ1v) is 10.2. The second-order valence-corrected chi connectivity index (χ2v) is 7.97. The van der Waals surface area contributed by atoms with Crippen molar-refractivity contribution < 1.29 is 19.2 Å². The van der Waals surface area contributed by atoms with Crippen molar-refractivity contribution in [3.63, 3.8) is 0 Å². The van der Waals surface area contributed by atoms with E-state index in [0.717, 1.165) is 27.9 Å². The van der Waals surface area contributed by atoms with E-state index in [2.05, 4.69) is 16.0 Å². The molecule has 1 atom stereocenters. The molecule has 1 unspecified atom stereocenters. The normalized spacial score (nSPS) is 17.9. The first-order valence-electron chi connectivity index (χ1n) is 10.2. The predicted molar refractivity (Wildman–Crippen MR) is 114 cm³/mol. The minimum absolute atomic E-state index is 0.223. The SMILES string of the molecule is Cc1cccc(C)c1NC(=O)NCc1ccc2c(c1)C(=O)N(C1CCC(=O)NC1=O)C2. The van der Waals surface area contributed by atoms with E-state index in [-0.39, 0.29) is 30.8 Å². The van der Waals surface area contributed by atoms with E-state index in [9.17, 15) is 19.2 Å². The number of para-hydroxylation sites is 1. The van der Waals surface area contributed by atoms with Crippen molar-refractivity contribution in [1.29, 1.82) is 0 Å². The van der Waals surface area contributed by atoms with Crippen LogP contribution < -0.4 is 16.0 Å². The van der Waals surface area contributed by atoms with Crippen molar-refractivity contribution in [2.45, 2.75) is 45.8 Å². The number of carbonyl (C=O) groups excluding carboxylic acids is 4. The summed E-state index contributed by atoms with van der Waals surface area (Å²) in [5.41, 5.74) is 4.88. The van der Waals surface area contributed by atoms with Gasteiger partial charge in [0.25, 0.3) is 5.91 Å². The smallest absolute Gasteiger partial charge is 0.319 e. The predicted octanol–water partition coefficient (Wildman–Crippen LogP) is 2.39. The molecule has 2 aliphatic heterocycles. The van der Waals surface area contributed by atoms with Crippen molar-refractivity contribution in [3.8, 4) is 0 Å². The fraction of sp³-hybridized carbons (Fsp3) is 0.304. The van der Waals surface area contributed by atoms with Gasteiger partial charge in [-0.25, -0.2) is 4.79 Å². The van der Waals surface area contributed by atoms with Gasteiger partial charge in [-0.3, -0.25) is 19.7 Å². The zero-order valence-electron chi connectivity index (χ0n) is 17.5. The van der Waals surface area contributed by atoms with Crippen LogP contribution in [0.4, 0.5) is 10.5 Å². The Hall–Kier alpha value is -3.68. The third-order valence-electron chi connectivity index (χ3n) is 5.77. The highest BCUT2D eigenvalue weighted by molar-refractivity contribution is 6.05. The van der Waals surface area contributed by atoms with Crippen molar-refractivity contribution in [1.82, 2.24) is 15.5 Å². The fourth-order valence-corrected chi connectivity index (χ4v) is 4.06. The molecule has 0 bridgehead atoms. The number of piperidine rings is 1. The summed E-state index contributed by atoms with van der Waals surface area (Å²) in [7, 11) is 0. The van der Waals surface area contributed by atoms with Gasteiger partial charge >= 0.3 is 6.03 Å². The van der Waals surface area contributed by atoms with Crippen molar-refractivity contribution >= 4 is 29.4 Å². The molecule has 2 aromatic carbocycles. The summed E-state index contributed by atoms with van der Waals surface area (Å²) in [5, 5.41) is 7.99. The second-order valence-electron chi connectivity index (χ2n) is 7.97. The molecule has 3 N–H and O–H groups in total. The molecular formula is C23H24N4O4. The van der Waals surface area contributed by atoms with Gasteiger partial charge in [0.05, 0.1) is 0 Å². The summed E-state index contributed by atoms with van der Waals surface area (Å²) < 4.78 is 0. The van der Waals surface area contributed by atoms with Gasteiger partial charge in [-0.2, -0.15) is 0 Å². The number of amides is 5. The van der Waals surface area contributed by atoms with Gasteiger partial charge in [-0.05, 0) is 48.6 Å². The number of hydrogen-bond donors (Lipinski definition) is 3. The zero-order chi connectivity index (χ0) is 22.1. The first-order chi connectivity index (χ1) is 14.8. The van der Waals surface area contributed by atoms with Crippen LogP contribution in [-0.4, -0.2) is 34.7 Å². The van der Waals surface area contributed by atoms with Gasteiger partial charge in [0, 0.05) is 30.8 Å². The summed E-state index contributed by atoms with van der Waals surface area (Å²) in [4.78, 5) is 50.3. The number of urea groups is 1. The van der Waals surface area contributed by atoms with Crippen LogP contribution in [0.5, 0.6) is 0 Å². The van der Waals surface area contributed by atoms with Gasteiger partial charge in [-0.15, -0.1) is 0 Å². The molecule has 5 amide bonds. The van der Waals surface area contributed by atoms with E-state index in [4.69, 9.17) is 0 Å². The van der Waals surface area contributed by atoms with Crippen LogP contribution in [0.25, 0.3) is 0 Å². The van der Waals surface area contributed by atoms with E-state index >= 15 is 0 Å². The van der Waals surface area contributed by atoms with Crippen molar-refractivity contribution in [2.24, 2.45) is 0 Å². The summed E-state index contributed by atoms with van der Waals surface area (Å²) in [6.45, 7) is 4.46. The Balaban J connectivity index is 1.40. The summed E-state index contributed by atoms with van der Waals surface area (Å²) in [6.07, 6.45) is 0.554. The molecule has 160 valence electrons. The lowest BCUT2D eigenvalue weighted by molar-refractivity contribution is -0.136. The number of anilines is 1. The van der Waals surface area contributed by atoms with Gasteiger partial charge in [0.1, 0.15) is 6.04 Å². The molecule has 2 aliphatic rings. The first kappa shape index (κ1) is 20.6. The van der Waals surface area contributed by atoms with Gasteiger partial charge in [-0.1, -0.05) is 30.3 Å². The number of rotatable bonds is 4. The lowest BCUT2D eigenvalue weighted by atomic mass is 10.0. The number of benzene rings is 2. The average Bonchev–Trinajstić information content (AvgIpc) is 3.05. The molecule has 2 heterocycles. The van der Waals surface area contributed by atoms with Crippen LogP contribution >= 0.6 is 0 Å². The van der Waals surface area contributed by atoms with Crippen LogP contribution in [0.2, 0.25) is 0 Å². The minimum atomic E-state index is -0.637. The molecule has 8 heteroatoms. The molecule has 31 heavy (non-hydrogen) atoms. The summed E-state index contributed by atoms with van der Waals surface area (Å²) in [5.74, 6) is -0.966. The van der Waals surface area contributed by atoms with Crippen LogP contribution in [0.1, 0.15) is 45.5 Å². The van der Waals surface area contributed by atoms with Gasteiger partial charge in [0.2, 0.25) is 11.8 Å². The van der Waals surface area contributed by atoms with Crippen LogP contribution in [0.15, 0.2) is 36.4 Å². The molecule has 2 aromatic rings. The topological polar surface area (TPSA) is 108 Å². The zero-order valence-corrected chi connectivity index (χ0v) is 17.5. The molecule has 0 aromatic heterocycles. The Kier molecular flexibility index (Phi) is 5.46. The molecule has 1 saturated heterocycles. The van der Waals surface area contributed by atoms with E-state index < -0.39 is 11.9 Å². The Morgan fingerprint density at radius 2 is 1.87 bits per heavy atom. The van der Waals surface area contributed by atoms with Crippen LogP contribution in [0, 0.1) is 13.8 Å². The Morgan fingerprint density at radius 1 is 1.13 bits per heavy atom. The Labute approximate surface area is 180 Å². The molecule has 0 radical (unpaired) electrons. The van der Waals surface area contributed by atoms with E-state index in [0.29, 0.717) is 18.5 Å². The lowest BCUT2D eigenvalue weighted by Gasteiger charge is -2.29. The maximum Gasteiger partial charge on any atom is 0.319 e. The Bertz CT molecular complexity index is 1070. The van der Waals surface area contributed by atoms with Crippen molar-refractivity contribution in [3.05, 3.63) is 64.2 Å². The van der Waals surface area contributed by atoms with Gasteiger partial charge < -0.3 is 15.5 Å². The maximum absolute atomic E-state index is 12.9. The molecule has 8 nitrogen and oxygen atoms in total. The van der Waals surface area contributed by atoms with Gasteiger partial charge in [0.15, 0.2) is 0 Å². The molecule has 4 rings (SSSR count). The number of fused-ring (bicyclic) bond motifs is 1. The Morgan fingerprint density at radius 3 is 2.58 bits per heavy atom. The lowest BCUT2D eigenvalue weighted by Crippen LogP contribution is -2.52. The highest BCUT2D eigenvalue weighted by Crippen LogP contribution is 2.28. The molecule has 0 spiro atoms. The summed E-state index contributed by atoms with van der Waals surface area (Å²) in [6, 6.07) is 10.3. The summed E-state index contributed by atoms with van der Waals surface area (Å²) >= 11 is 0. The van der Waals surface area contributed by atoms with E-state index in [1.165, 1.54) is 4.90 Å². The third-order valence-corrected chi connectivity index (χ3v) is 5.77. The van der Waals surface area contributed by atoms with E-state index in [1.807, 2.05) is 44.2 Å². The second kappa shape index (κ2) is 8.22. The molecule has 1 fully saturated rings. The fourth-order valence-electron chi connectivity index (χ4n) is 4.06. The third kappa shape index (κ3) is 4.14. The van der Waals surface area contributed by atoms with E-state index in [1.54, 1.807) is 6.07 Å². The molecule has 0 saturated carbocycles. The maximum atomic E-state index is 12.9. The van der Waals surface area contributed by atoms with Crippen molar-refractivity contribution in [2.75, 3.05) is 5.32 Å². The van der Waals surface area contributed by atoms with Crippen LogP contribution in [-0.2, 0) is 22.7 Å². The quantitative estimate of drug-likeness (QED) is 0.660. The highest BCUT2D eigenvalue weighted by atomic mass is 16.2.